The van der Waals surface area contributed by atoms with Crippen molar-refractivity contribution in [1.82, 2.24) is 0 Å². The molecule has 1 heterocycles. The summed E-state index contributed by atoms with van der Waals surface area (Å²) >= 11 is 0. The van der Waals surface area contributed by atoms with Crippen LogP contribution in [0, 0.1) is 0 Å². The van der Waals surface area contributed by atoms with Gasteiger partial charge in [0.2, 0.25) is 11.5 Å². The zero-order valence-electron chi connectivity index (χ0n) is 10.9. The van der Waals surface area contributed by atoms with Crippen LogP contribution in [0.15, 0.2) is 29.7 Å². The lowest BCUT2D eigenvalue weighted by molar-refractivity contribution is -0.112. The van der Waals surface area contributed by atoms with E-state index in [0.717, 1.165) is 0 Å². The molecule has 0 aliphatic carbocycles. The molecule has 1 N–H and O–H groups in total. The van der Waals surface area contributed by atoms with Gasteiger partial charge in [-0.25, -0.2) is 0 Å². The van der Waals surface area contributed by atoms with Gasteiger partial charge in [0, 0.05) is 6.08 Å². The lowest BCUT2D eigenvalue weighted by Gasteiger charge is -2.09. The van der Waals surface area contributed by atoms with Crippen LogP contribution in [-0.4, -0.2) is 25.1 Å². The van der Waals surface area contributed by atoms with E-state index in [2.05, 4.69) is 0 Å². The number of methoxy groups -OCH3 is 2. The molecule has 1 aromatic carbocycles. The Morgan fingerprint density at radius 3 is 2.21 bits per heavy atom. The average Bonchev–Trinajstić information content (AvgIpc) is 2.69. The second kappa shape index (κ2) is 5.06. The summed E-state index contributed by atoms with van der Waals surface area (Å²) in [5, 5.41) is 9.79. The Kier molecular flexibility index (Phi) is 3.46. The Morgan fingerprint density at radius 1 is 1.21 bits per heavy atom. The maximum atomic E-state index is 11.6. The first kappa shape index (κ1) is 13.0. The highest BCUT2D eigenvalue weighted by Gasteiger charge is 2.18. The van der Waals surface area contributed by atoms with E-state index in [1.807, 2.05) is 0 Å². The quantitative estimate of drug-likeness (QED) is 0.846. The predicted molar refractivity (Wildman–Crippen MR) is 69.0 cm³/mol. The molecule has 0 aromatic heterocycles. The lowest BCUT2D eigenvalue weighted by Crippen LogP contribution is -1.94. The molecule has 0 atom stereocenters. The minimum atomic E-state index is -0.191. The van der Waals surface area contributed by atoms with Crippen molar-refractivity contribution in [2.75, 3.05) is 14.2 Å². The molecule has 0 bridgehead atoms. The van der Waals surface area contributed by atoms with Crippen molar-refractivity contribution < 1.29 is 24.1 Å². The van der Waals surface area contributed by atoms with Crippen molar-refractivity contribution in [3.63, 3.8) is 0 Å². The number of aromatic hydroxyl groups is 1. The average molecular weight is 262 g/mol. The van der Waals surface area contributed by atoms with Gasteiger partial charge in [-0.15, -0.1) is 0 Å². The SMILES string of the molecule is COc1cc(C=C2OC(C)=CC2=O)cc(OC)c1O. The largest absolute Gasteiger partial charge is 0.502 e. The smallest absolute Gasteiger partial charge is 0.224 e. The van der Waals surface area contributed by atoms with Crippen molar-refractivity contribution in [3.05, 3.63) is 35.3 Å². The number of phenolic OH excluding ortho intramolecular Hbond substituents is 1. The molecule has 1 aromatic rings. The van der Waals surface area contributed by atoms with Gasteiger partial charge >= 0.3 is 0 Å². The molecular weight excluding hydrogens is 248 g/mol. The van der Waals surface area contributed by atoms with Crippen molar-refractivity contribution in [2.45, 2.75) is 6.92 Å². The number of ketones is 1. The number of carbonyl (C=O) groups excluding carboxylic acids is 1. The molecule has 19 heavy (non-hydrogen) atoms. The molecule has 5 nitrogen and oxygen atoms in total. The Balaban J connectivity index is 2.41. The maximum absolute atomic E-state index is 11.6. The fourth-order valence-electron chi connectivity index (χ4n) is 1.76. The number of hydrogen-bond acceptors (Lipinski definition) is 5. The lowest BCUT2D eigenvalue weighted by atomic mass is 10.1. The van der Waals surface area contributed by atoms with E-state index in [0.29, 0.717) is 11.3 Å². The van der Waals surface area contributed by atoms with Gasteiger partial charge in [-0.2, -0.15) is 0 Å². The predicted octanol–water partition coefficient (Wildman–Crippen LogP) is 2.25. The number of benzene rings is 1. The van der Waals surface area contributed by atoms with Crippen LogP contribution in [0.25, 0.3) is 6.08 Å². The van der Waals surface area contributed by atoms with Crippen LogP contribution in [0.4, 0.5) is 0 Å². The second-order valence-electron chi connectivity index (χ2n) is 4.00. The van der Waals surface area contributed by atoms with E-state index >= 15 is 0 Å². The maximum Gasteiger partial charge on any atom is 0.224 e. The summed E-state index contributed by atoms with van der Waals surface area (Å²) in [5.74, 6) is 1.03. The molecule has 5 heteroatoms. The Hall–Kier alpha value is -2.43. The number of hydrogen-bond donors (Lipinski definition) is 1. The first-order valence-corrected chi connectivity index (χ1v) is 5.62. The number of carbonyl (C=O) groups is 1. The molecule has 2 rings (SSSR count). The minimum absolute atomic E-state index is 0.0832. The molecule has 0 amide bonds. The zero-order chi connectivity index (χ0) is 14.0. The third-order valence-electron chi connectivity index (χ3n) is 2.65. The van der Waals surface area contributed by atoms with Gasteiger partial charge in [-0.05, 0) is 30.7 Å². The van der Waals surface area contributed by atoms with Crippen molar-refractivity contribution in [3.8, 4) is 17.2 Å². The summed E-state index contributed by atoms with van der Waals surface area (Å²) in [6.07, 6.45) is 2.99. The van der Waals surface area contributed by atoms with Gasteiger partial charge in [-0.3, -0.25) is 4.79 Å². The molecule has 0 spiro atoms. The molecule has 0 saturated heterocycles. The third-order valence-corrected chi connectivity index (χ3v) is 2.65. The van der Waals surface area contributed by atoms with Crippen LogP contribution in [0.1, 0.15) is 12.5 Å². The molecule has 1 aliphatic heterocycles. The highest BCUT2D eigenvalue weighted by Crippen LogP contribution is 2.38. The first-order chi connectivity index (χ1) is 9.05. The van der Waals surface area contributed by atoms with Gasteiger partial charge in [0.25, 0.3) is 0 Å². The summed E-state index contributed by atoms with van der Waals surface area (Å²) in [6, 6.07) is 3.18. The van der Waals surface area contributed by atoms with Gasteiger partial charge in [0.15, 0.2) is 17.3 Å². The minimum Gasteiger partial charge on any atom is -0.502 e. The van der Waals surface area contributed by atoms with Gasteiger partial charge in [0.1, 0.15) is 5.76 Å². The molecule has 0 fully saturated rings. The molecular formula is C14H14O5. The van der Waals surface area contributed by atoms with E-state index in [1.54, 1.807) is 25.1 Å². The zero-order valence-corrected chi connectivity index (χ0v) is 10.9. The van der Waals surface area contributed by atoms with E-state index in [1.165, 1.54) is 20.3 Å². The first-order valence-electron chi connectivity index (χ1n) is 5.62. The van der Waals surface area contributed by atoms with Gasteiger partial charge in [0.05, 0.1) is 14.2 Å². The topological polar surface area (TPSA) is 65.0 Å². The third kappa shape index (κ3) is 2.54. The Morgan fingerprint density at radius 2 is 1.79 bits per heavy atom. The van der Waals surface area contributed by atoms with E-state index in [9.17, 15) is 9.90 Å². The number of allylic oxidation sites excluding steroid dienone is 2. The van der Waals surface area contributed by atoms with Crippen molar-refractivity contribution in [1.29, 1.82) is 0 Å². The summed E-state index contributed by atoms with van der Waals surface area (Å²) in [6.45, 7) is 1.71. The summed E-state index contributed by atoms with van der Waals surface area (Å²) in [5.41, 5.74) is 0.637. The highest BCUT2D eigenvalue weighted by molar-refractivity contribution is 6.07. The van der Waals surface area contributed by atoms with Crippen LogP contribution in [-0.2, 0) is 9.53 Å². The summed E-state index contributed by atoms with van der Waals surface area (Å²) in [4.78, 5) is 11.6. The van der Waals surface area contributed by atoms with Crippen molar-refractivity contribution in [2.24, 2.45) is 0 Å². The van der Waals surface area contributed by atoms with E-state index in [-0.39, 0.29) is 28.8 Å². The fraction of sp³-hybridized carbons (Fsp3) is 0.214. The Labute approximate surface area is 110 Å². The highest BCUT2D eigenvalue weighted by atomic mass is 16.5. The normalized spacial score (nSPS) is 16.3. The monoisotopic (exact) mass is 262 g/mol. The molecule has 100 valence electrons. The van der Waals surface area contributed by atoms with Crippen LogP contribution in [0.5, 0.6) is 17.2 Å². The summed E-state index contributed by atoms with van der Waals surface area (Å²) in [7, 11) is 2.88. The summed E-state index contributed by atoms with van der Waals surface area (Å²) < 4.78 is 15.4. The van der Waals surface area contributed by atoms with Crippen LogP contribution < -0.4 is 9.47 Å². The van der Waals surface area contributed by atoms with Crippen LogP contribution in [0.2, 0.25) is 0 Å². The fourth-order valence-corrected chi connectivity index (χ4v) is 1.76. The molecule has 0 radical (unpaired) electrons. The van der Waals surface area contributed by atoms with Crippen molar-refractivity contribution >= 4 is 11.9 Å². The molecule has 0 saturated carbocycles. The number of rotatable bonds is 3. The standard InChI is InChI=1S/C14H14O5/c1-8-4-10(15)11(19-8)5-9-6-12(17-2)14(16)13(7-9)18-3/h4-7,16H,1-3H3. The van der Waals surface area contributed by atoms with E-state index in [4.69, 9.17) is 14.2 Å². The Bertz CT molecular complexity index is 558. The van der Waals surface area contributed by atoms with Gasteiger partial charge in [-0.1, -0.05) is 0 Å². The second-order valence-corrected chi connectivity index (χ2v) is 4.00. The molecule has 1 aliphatic rings. The van der Waals surface area contributed by atoms with E-state index < -0.39 is 0 Å². The number of phenols is 1. The van der Waals surface area contributed by atoms with Gasteiger partial charge < -0.3 is 19.3 Å². The van der Waals surface area contributed by atoms with Crippen LogP contribution in [0.3, 0.4) is 0 Å². The molecule has 0 unspecified atom stereocenters. The number of ether oxygens (including phenoxy) is 3. The van der Waals surface area contributed by atoms with Crippen LogP contribution >= 0.6 is 0 Å².